The van der Waals surface area contributed by atoms with E-state index in [-0.39, 0.29) is 30.4 Å². The zero-order chi connectivity index (χ0) is 28.6. The van der Waals surface area contributed by atoms with E-state index < -0.39 is 0 Å². The van der Waals surface area contributed by atoms with Gasteiger partial charge in [-0.1, -0.05) is 11.6 Å². The number of anilines is 3. The molecule has 0 atom stereocenters. The molecule has 0 aliphatic carbocycles. The normalized spacial score (nSPS) is 13.1. The molecule has 210 valence electrons. The Morgan fingerprint density at radius 3 is 2.00 bits per heavy atom. The molecule has 10 heteroatoms. The van der Waals surface area contributed by atoms with Gasteiger partial charge >= 0.3 is 6.03 Å². The highest BCUT2D eigenvalue weighted by atomic mass is 35.5. The number of urea groups is 1. The highest BCUT2D eigenvalue weighted by Crippen LogP contribution is 2.21. The number of ether oxygens (including phenoxy) is 1. The maximum Gasteiger partial charge on any atom is 0.321 e. The van der Waals surface area contributed by atoms with E-state index >= 15 is 0 Å². The Hall–Kier alpha value is -4.24. The van der Waals surface area contributed by atoms with Crippen LogP contribution in [0.15, 0.2) is 72.8 Å². The van der Waals surface area contributed by atoms with Crippen LogP contribution < -0.4 is 20.3 Å². The number of rotatable bonds is 8. The summed E-state index contributed by atoms with van der Waals surface area (Å²) < 4.78 is 5.15. The van der Waals surface area contributed by atoms with Crippen molar-refractivity contribution in [1.29, 1.82) is 0 Å². The quantitative estimate of drug-likeness (QED) is 0.393. The van der Waals surface area contributed by atoms with Gasteiger partial charge in [0, 0.05) is 59.9 Å². The molecule has 1 aliphatic rings. The first kappa shape index (κ1) is 28.8. The van der Waals surface area contributed by atoms with E-state index in [9.17, 15) is 14.4 Å². The van der Waals surface area contributed by atoms with Crippen molar-refractivity contribution in [1.82, 2.24) is 9.80 Å². The number of benzene rings is 3. The first-order valence-corrected chi connectivity index (χ1v) is 13.5. The van der Waals surface area contributed by atoms with Gasteiger partial charge in [0.25, 0.3) is 5.91 Å². The second-order valence-corrected chi connectivity index (χ2v) is 10.2. The molecule has 9 nitrogen and oxygen atoms in total. The van der Waals surface area contributed by atoms with Crippen LogP contribution in [0.1, 0.15) is 24.2 Å². The zero-order valence-corrected chi connectivity index (χ0v) is 23.6. The molecule has 0 unspecified atom stereocenters. The fourth-order valence-corrected chi connectivity index (χ4v) is 4.53. The number of carbonyl (C=O) groups excluding carboxylic acids is 3. The van der Waals surface area contributed by atoms with Gasteiger partial charge in [-0.25, -0.2) is 4.79 Å². The van der Waals surface area contributed by atoms with E-state index in [0.717, 1.165) is 17.1 Å². The Balaban J connectivity index is 1.27. The van der Waals surface area contributed by atoms with Gasteiger partial charge in [0.2, 0.25) is 5.91 Å². The maximum atomic E-state index is 12.9. The first-order chi connectivity index (χ1) is 19.2. The van der Waals surface area contributed by atoms with Gasteiger partial charge in [-0.05, 0) is 86.6 Å². The van der Waals surface area contributed by atoms with Gasteiger partial charge in [0.15, 0.2) is 0 Å². The number of nitrogens with zero attached hydrogens (tertiary/aromatic N) is 3. The molecule has 3 aromatic carbocycles. The molecule has 0 aromatic heterocycles. The number of nitrogens with one attached hydrogen (secondary N) is 2. The van der Waals surface area contributed by atoms with E-state index in [4.69, 9.17) is 16.3 Å². The van der Waals surface area contributed by atoms with Crippen LogP contribution >= 0.6 is 11.6 Å². The van der Waals surface area contributed by atoms with Gasteiger partial charge in [0.05, 0.1) is 7.11 Å². The lowest BCUT2D eigenvalue weighted by molar-refractivity contribution is -0.117. The van der Waals surface area contributed by atoms with Crippen molar-refractivity contribution in [2.75, 3.05) is 55.4 Å². The molecule has 4 rings (SSSR count). The summed E-state index contributed by atoms with van der Waals surface area (Å²) in [7, 11) is 1.60. The summed E-state index contributed by atoms with van der Waals surface area (Å²) in [5, 5.41) is 6.36. The molecule has 1 saturated heterocycles. The first-order valence-electron chi connectivity index (χ1n) is 13.1. The van der Waals surface area contributed by atoms with E-state index in [2.05, 4.69) is 15.5 Å². The van der Waals surface area contributed by atoms with E-state index in [1.54, 1.807) is 48.4 Å². The van der Waals surface area contributed by atoms with E-state index in [0.29, 0.717) is 42.5 Å². The van der Waals surface area contributed by atoms with Crippen molar-refractivity contribution in [2.45, 2.75) is 19.9 Å². The lowest BCUT2D eigenvalue weighted by Gasteiger charge is -2.36. The number of carbonyl (C=O) groups is 3. The van der Waals surface area contributed by atoms with Crippen molar-refractivity contribution in [3.05, 3.63) is 83.4 Å². The minimum Gasteiger partial charge on any atom is -0.497 e. The number of hydrogen-bond acceptors (Lipinski definition) is 5. The standard InChI is InChI=1S/C30H34ClN5O4/c1-21(2)36(29(38)22-4-6-23(31)7-5-22)20-28(37)32-24-8-12-26(13-9-24)34-16-18-35(19-17-34)30(39)33-25-10-14-27(40-3)15-11-25/h4-15,21H,16-20H2,1-3H3,(H,32,37)(H,33,39). The molecule has 3 aromatic rings. The minimum absolute atomic E-state index is 0.0680. The number of methoxy groups -OCH3 is 1. The lowest BCUT2D eigenvalue weighted by atomic mass is 10.1. The van der Waals surface area contributed by atoms with E-state index in [1.807, 2.05) is 50.2 Å². The van der Waals surface area contributed by atoms with Crippen LogP contribution in [0, 0.1) is 0 Å². The van der Waals surface area contributed by atoms with Gasteiger partial charge in [-0.2, -0.15) is 0 Å². The van der Waals surface area contributed by atoms with Gasteiger partial charge < -0.3 is 30.1 Å². The highest BCUT2D eigenvalue weighted by Gasteiger charge is 2.23. The van der Waals surface area contributed by atoms with Crippen LogP contribution in [0.2, 0.25) is 5.02 Å². The summed E-state index contributed by atoms with van der Waals surface area (Å²) in [6.07, 6.45) is 0. The average Bonchev–Trinajstić information content (AvgIpc) is 2.96. The number of halogens is 1. The van der Waals surface area contributed by atoms with Crippen LogP contribution in [-0.2, 0) is 4.79 Å². The summed E-state index contributed by atoms with van der Waals surface area (Å²) >= 11 is 5.93. The van der Waals surface area contributed by atoms with Crippen LogP contribution in [0.5, 0.6) is 5.75 Å². The predicted molar refractivity (Wildman–Crippen MR) is 158 cm³/mol. The Labute approximate surface area is 239 Å². The summed E-state index contributed by atoms with van der Waals surface area (Å²) in [5.41, 5.74) is 2.86. The SMILES string of the molecule is COc1ccc(NC(=O)N2CCN(c3ccc(NC(=O)CN(C(=O)c4ccc(Cl)cc4)C(C)C)cc3)CC2)cc1. The Morgan fingerprint density at radius 1 is 0.850 bits per heavy atom. The number of hydrogen-bond donors (Lipinski definition) is 2. The molecule has 1 fully saturated rings. The van der Waals surface area contributed by atoms with Gasteiger partial charge in [-0.3, -0.25) is 9.59 Å². The van der Waals surface area contributed by atoms with Crippen molar-refractivity contribution in [3.63, 3.8) is 0 Å². The van der Waals surface area contributed by atoms with Crippen molar-refractivity contribution in [2.24, 2.45) is 0 Å². The summed E-state index contributed by atoms with van der Waals surface area (Å²) in [6, 6.07) is 21.2. The maximum absolute atomic E-state index is 12.9. The summed E-state index contributed by atoms with van der Waals surface area (Å²) in [5.74, 6) is 0.230. The van der Waals surface area contributed by atoms with E-state index in [1.165, 1.54) is 4.90 Å². The molecule has 1 heterocycles. The largest absolute Gasteiger partial charge is 0.497 e. The Kier molecular flexibility index (Phi) is 9.50. The second kappa shape index (κ2) is 13.2. The third-order valence-corrected chi connectivity index (χ3v) is 6.97. The zero-order valence-electron chi connectivity index (χ0n) is 22.9. The van der Waals surface area contributed by atoms with Crippen LogP contribution in [-0.4, -0.2) is 73.5 Å². The average molecular weight is 564 g/mol. The molecule has 2 N–H and O–H groups in total. The monoisotopic (exact) mass is 563 g/mol. The molecule has 0 radical (unpaired) electrons. The Bertz CT molecular complexity index is 1310. The van der Waals surface area contributed by atoms with Crippen LogP contribution in [0.3, 0.4) is 0 Å². The summed E-state index contributed by atoms with van der Waals surface area (Å²) in [4.78, 5) is 43.9. The smallest absolute Gasteiger partial charge is 0.321 e. The fraction of sp³-hybridized carbons (Fsp3) is 0.300. The fourth-order valence-electron chi connectivity index (χ4n) is 4.40. The lowest BCUT2D eigenvalue weighted by Crippen LogP contribution is -2.50. The molecular formula is C30H34ClN5O4. The van der Waals surface area contributed by atoms with Gasteiger partial charge in [0.1, 0.15) is 12.3 Å². The third-order valence-electron chi connectivity index (χ3n) is 6.71. The molecule has 40 heavy (non-hydrogen) atoms. The summed E-state index contributed by atoms with van der Waals surface area (Å²) in [6.45, 7) is 6.24. The molecule has 0 spiro atoms. The van der Waals surface area contributed by atoms with Gasteiger partial charge in [-0.15, -0.1) is 0 Å². The molecule has 4 amide bonds. The number of piperazine rings is 1. The topological polar surface area (TPSA) is 94.2 Å². The number of amides is 4. The van der Waals surface area contributed by atoms with Crippen molar-refractivity contribution in [3.8, 4) is 5.75 Å². The molecule has 1 aliphatic heterocycles. The van der Waals surface area contributed by atoms with Crippen LogP contribution in [0.4, 0.5) is 21.9 Å². The second-order valence-electron chi connectivity index (χ2n) is 9.76. The van der Waals surface area contributed by atoms with Crippen molar-refractivity contribution >= 4 is 46.5 Å². The molecule has 0 saturated carbocycles. The Morgan fingerprint density at radius 2 is 1.43 bits per heavy atom. The predicted octanol–water partition coefficient (Wildman–Crippen LogP) is 5.19. The van der Waals surface area contributed by atoms with Crippen LogP contribution in [0.25, 0.3) is 0 Å². The molecular weight excluding hydrogens is 530 g/mol. The van der Waals surface area contributed by atoms with Crippen molar-refractivity contribution < 1.29 is 19.1 Å². The highest BCUT2D eigenvalue weighted by molar-refractivity contribution is 6.30. The third kappa shape index (κ3) is 7.45. The minimum atomic E-state index is -0.278. The molecule has 0 bridgehead atoms.